The number of rotatable bonds is 1. The molecule has 1 amide bonds. The molecule has 0 N–H and O–H groups in total. The molecule has 0 aliphatic carbocycles. The van der Waals surface area contributed by atoms with Gasteiger partial charge in [-0.3, -0.25) is 4.79 Å². The lowest BCUT2D eigenvalue weighted by Crippen LogP contribution is -2.29. The van der Waals surface area contributed by atoms with E-state index in [1.165, 1.54) is 16.2 Å². The molecular weight excluding hydrogens is 191 g/mol. The van der Waals surface area contributed by atoms with E-state index in [1.54, 1.807) is 10.9 Å². The van der Waals surface area contributed by atoms with Crippen molar-refractivity contribution in [3.05, 3.63) is 16.6 Å². The summed E-state index contributed by atoms with van der Waals surface area (Å²) in [6.07, 6.45) is -0.404. The molecule has 13 heavy (non-hydrogen) atoms. The third kappa shape index (κ3) is 1.70. The van der Waals surface area contributed by atoms with Gasteiger partial charge < -0.3 is 4.90 Å². The average Bonchev–Trinajstić information content (AvgIpc) is 2.72. The molecule has 2 rings (SSSR count). The largest absolute Gasteiger partial charge is 0.334 e. The van der Waals surface area contributed by atoms with E-state index >= 15 is 0 Å². The number of aromatic nitrogens is 1. The van der Waals surface area contributed by atoms with E-state index in [4.69, 9.17) is 0 Å². The molecule has 1 aliphatic heterocycles. The first-order chi connectivity index (χ1) is 6.27. The van der Waals surface area contributed by atoms with Crippen molar-refractivity contribution in [2.24, 2.45) is 0 Å². The SMILES string of the molecule is O=C(c1cscn1)N1CCC(F)C1. The molecule has 0 bridgehead atoms. The summed E-state index contributed by atoms with van der Waals surface area (Å²) in [7, 11) is 0. The third-order valence-corrected chi connectivity index (χ3v) is 2.66. The van der Waals surface area contributed by atoms with E-state index in [1.807, 2.05) is 0 Å². The van der Waals surface area contributed by atoms with Crippen molar-refractivity contribution in [2.75, 3.05) is 13.1 Å². The van der Waals surface area contributed by atoms with Crippen LogP contribution in [0.1, 0.15) is 16.9 Å². The van der Waals surface area contributed by atoms with Crippen LogP contribution in [0, 0.1) is 0 Å². The zero-order valence-electron chi connectivity index (χ0n) is 6.94. The molecule has 1 unspecified atom stereocenters. The Morgan fingerprint density at radius 1 is 1.77 bits per heavy atom. The van der Waals surface area contributed by atoms with E-state index in [9.17, 15) is 9.18 Å². The maximum Gasteiger partial charge on any atom is 0.273 e. The molecule has 0 aromatic carbocycles. The molecule has 70 valence electrons. The van der Waals surface area contributed by atoms with Crippen molar-refractivity contribution in [2.45, 2.75) is 12.6 Å². The summed E-state index contributed by atoms with van der Waals surface area (Å²) >= 11 is 1.38. The number of likely N-dealkylation sites (tertiary alicyclic amines) is 1. The Hall–Kier alpha value is -0.970. The number of carbonyl (C=O) groups excluding carboxylic acids is 1. The number of nitrogens with zero attached hydrogens (tertiary/aromatic N) is 2. The fourth-order valence-electron chi connectivity index (χ4n) is 1.38. The Morgan fingerprint density at radius 2 is 2.62 bits per heavy atom. The van der Waals surface area contributed by atoms with E-state index in [2.05, 4.69) is 4.98 Å². The maximum atomic E-state index is 12.8. The molecule has 3 nitrogen and oxygen atoms in total. The summed E-state index contributed by atoms with van der Waals surface area (Å²) in [5.74, 6) is -0.151. The van der Waals surface area contributed by atoms with Gasteiger partial charge in [-0.1, -0.05) is 0 Å². The normalized spacial score (nSPS) is 22.2. The van der Waals surface area contributed by atoms with Crippen LogP contribution in [0.3, 0.4) is 0 Å². The molecule has 0 spiro atoms. The quantitative estimate of drug-likeness (QED) is 0.685. The Bertz CT molecular complexity index is 301. The van der Waals surface area contributed by atoms with Gasteiger partial charge in [0.15, 0.2) is 0 Å². The van der Waals surface area contributed by atoms with Crippen LogP contribution < -0.4 is 0 Å². The summed E-state index contributed by atoms with van der Waals surface area (Å²) in [5.41, 5.74) is 2.04. The van der Waals surface area contributed by atoms with Gasteiger partial charge in [-0.15, -0.1) is 11.3 Å². The van der Waals surface area contributed by atoms with Crippen LogP contribution in [-0.4, -0.2) is 35.1 Å². The number of hydrogen-bond donors (Lipinski definition) is 0. The standard InChI is InChI=1S/C8H9FN2OS/c9-6-1-2-11(3-6)8(12)7-4-13-5-10-7/h4-6H,1-3H2. The lowest BCUT2D eigenvalue weighted by molar-refractivity contribution is 0.0778. The fourth-order valence-corrected chi connectivity index (χ4v) is 1.91. The van der Waals surface area contributed by atoms with E-state index in [0.29, 0.717) is 18.7 Å². The monoisotopic (exact) mass is 200 g/mol. The second kappa shape index (κ2) is 3.41. The first-order valence-electron chi connectivity index (χ1n) is 4.09. The molecular formula is C8H9FN2OS. The fraction of sp³-hybridized carbons (Fsp3) is 0.500. The number of carbonyl (C=O) groups is 1. The highest BCUT2D eigenvalue weighted by Crippen LogP contribution is 2.15. The first kappa shape index (κ1) is 8.62. The average molecular weight is 200 g/mol. The molecule has 1 aromatic rings. The van der Waals surface area contributed by atoms with Gasteiger partial charge in [0.25, 0.3) is 5.91 Å². The lowest BCUT2D eigenvalue weighted by Gasteiger charge is -2.12. The third-order valence-electron chi connectivity index (χ3n) is 2.07. The number of halogens is 1. The molecule has 1 aromatic heterocycles. The summed E-state index contributed by atoms with van der Waals surface area (Å²) < 4.78 is 12.8. The number of alkyl halides is 1. The van der Waals surface area contributed by atoms with Gasteiger partial charge in [-0.2, -0.15) is 0 Å². The number of thiazole rings is 1. The van der Waals surface area contributed by atoms with Crippen LogP contribution in [0.25, 0.3) is 0 Å². The van der Waals surface area contributed by atoms with Gasteiger partial charge in [0.2, 0.25) is 0 Å². The van der Waals surface area contributed by atoms with Crippen LogP contribution in [0.2, 0.25) is 0 Å². The van der Waals surface area contributed by atoms with E-state index < -0.39 is 6.17 Å². The summed E-state index contributed by atoms with van der Waals surface area (Å²) in [5, 5.41) is 1.69. The van der Waals surface area contributed by atoms with Gasteiger partial charge in [-0.25, -0.2) is 9.37 Å². The molecule has 1 aliphatic rings. The Balaban J connectivity index is 2.06. The molecule has 1 atom stereocenters. The van der Waals surface area contributed by atoms with Crippen LogP contribution in [0.5, 0.6) is 0 Å². The topological polar surface area (TPSA) is 33.2 Å². The zero-order valence-corrected chi connectivity index (χ0v) is 7.76. The van der Waals surface area contributed by atoms with Crippen molar-refractivity contribution in [1.29, 1.82) is 0 Å². The predicted molar refractivity (Wildman–Crippen MR) is 47.5 cm³/mol. The molecule has 1 fully saturated rings. The highest BCUT2D eigenvalue weighted by molar-refractivity contribution is 7.07. The second-order valence-electron chi connectivity index (χ2n) is 3.01. The van der Waals surface area contributed by atoms with Crippen molar-refractivity contribution < 1.29 is 9.18 Å². The minimum absolute atomic E-state index is 0.151. The van der Waals surface area contributed by atoms with Gasteiger partial charge in [0, 0.05) is 11.9 Å². The highest BCUT2D eigenvalue weighted by atomic mass is 32.1. The van der Waals surface area contributed by atoms with E-state index in [-0.39, 0.29) is 12.5 Å². The first-order valence-corrected chi connectivity index (χ1v) is 5.03. The van der Waals surface area contributed by atoms with Crippen LogP contribution in [-0.2, 0) is 0 Å². The summed E-state index contributed by atoms with van der Waals surface area (Å²) in [6.45, 7) is 0.730. The minimum Gasteiger partial charge on any atom is -0.334 e. The van der Waals surface area contributed by atoms with Crippen LogP contribution in [0.4, 0.5) is 4.39 Å². The molecule has 5 heteroatoms. The van der Waals surface area contributed by atoms with Gasteiger partial charge in [0.05, 0.1) is 12.1 Å². The van der Waals surface area contributed by atoms with Crippen LogP contribution in [0.15, 0.2) is 10.9 Å². The maximum absolute atomic E-state index is 12.8. The number of amides is 1. The predicted octanol–water partition coefficient (Wildman–Crippen LogP) is 1.33. The van der Waals surface area contributed by atoms with Crippen molar-refractivity contribution in [1.82, 2.24) is 9.88 Å². The van der Waals surface area contributed by atoms with Gasteiger partial charge in [-0.05, 0) is 6.42 Å². The Morgan fingerprint density at radius 3 is 3.15 bits per heavy atom. The van der Waals surface area contributed by atoms with Crippen molar-refractivity contribution in [3.63, 3.8) is 0 Å². The minimum atomic E-state index is -0.859. The van der Waals surface area contributed by atoms with Crippen molar-refractivity contribution in [3.8, 4) is 0 Å². The van der Waals surface area contributed by atoms with Gasteiger partial charge >= 0.3 is 0 Å². The smallest absolute Gasteiger partial charge is 0.273 e. The molecule has 0 saturated carbocycles. The highest BCUT2D eigenvalue weighted by Gasteiger charge is 2.27. The van der Waals surface area contributed by atoms with Crippen LogP contribution >= 0.6 is 11.3 Å². The van der Waals surface area contributed by atoms with E-state index in [0.717, 1.165) is 0 Å². The lowest BCUT2D eigenvalue weighted by atomic mass is 10.3. The zero-order chi connectivity index (χ0) is 9.26. The second-order valence-corrected chi connectivity index (χ2v) is 3.73. The molecule has 2 heterocycles. The molecule has 1 saturated heterocycles. The number of hydrogen-bond acceptors (Lipinski definition) is 3. The summed E-state index contributed by atoms with van der Waals surface area (Å²) in [4.78, 5) is 17.0. The Kier molecular flexibility index (Phi) is 2.26. The van der Waals surface area contributed by atoms with Crippen molar-refractivity contribution >= 4 is 17.2 Å². The molecule has 0 radical (unpaired) electrons. The van der Waals surface area contributed by atoms with Gasteiger partial charge in [0.1, 0.15) is 11.9 Å². The Labute approximate surface area is 79.2 Å². The summed E-state index contributed by atoms with van der Waals surface area (Å²) in [6, 6.07) is 0.